The Bertz CT molecular complexity index is 648. The largest absolute Gasteiger partial charge is 0.333 e. The minimum Gasteiger partial charge on any atom is -0.333 e. The lowest BCUT2D eigenvalue weighted by Crippen LogP contribution is -2.44. The summed E-state index contributed by atoms with van der Waals surface area (Å²) in [6.45, 7) is 6.49. The molecule has 1 fully saturated rings. The quantitative estimate of drug-likeness (QED) is 0.884. The van der Waals surface area contributed by atoms with Crippen molar-refractivity contribution in [3.8, 4) is 0 Å². The Kier molecular flexibility index (Phi) is 5.17. The van der Waals surface area contributed by atoms with Gasteiger partial charge in [0.15, 0.2) is 0 Å². The molecule has 130 valence electrons. The van der Waals surface area contributed by atoms with Gasteiger partial charge in [0.2, 0.25) is 0 Å². The zero-order valence-electron chi connectivity index (χ0n) is 14.4. The first-order chi connectivity index (χ1) is 11.6. The molecule has 0 aromatic carbocycles. The van der Waals surface area contributed by atoms with Crippen molar-refractivity contribution < 1.29 is 4.79 Å². The van der Waals surface area contributed by atoms with Crippen LogP contribution in [0.4, 0.5) is 4.79 Å². The molecular weight excluding hydrogens is 304 g/mol. The first-order valence-corrected chi connectivity index (χ1v) is 8.68. The molecule has 1 atom stereocenters. The van der Waals surface area contributed by atoms with Gasteiger partial charge in [-0.05, 0) is 25.2 Å². The number of hydrogen-bond acceptors (Lipinski definition) is 3. The fourth-order valence-electron chi connectivity index (χ4n) is 3.29. The second-order valence-electron chi connectivity index (χ2n) is 6.78. The number of aromatic amines is 1. The standard InChI is InChI=1S/C17H26N6O/c1-13(2)12-22-8-6-18-16(22)11-19-17(24)23-7-4-3-5-15(23)14-9-20-21-10-14/h6,8-10,13,15H,3-5,7,11-12H2,1-2H3,(H,19,24)(H,20,21)/t15-/m0/s1. The molecule has 7 nitrogen and oxygen atoms in total. The third kappa shape index (κ3) is 3.77. The summed E-state index contributed by atoms with van der Waals surface area (Å²) in [7, 11) is 0. The number of carbonyl (C=O) groups is 1. The van der Waals surface area contributed by atoms with Crippen LogP contribution in [0.15, 0.2) is 24.8 Å². The number of rotatable bonds is 5. The Labute approximate surface area is 142 Å². The van der Waals surface area contributed by atoms with Crippen LogP contribution in [0, 0.1) is 5.92 Å². The minimum atomic E-state index is -0.0278. The number of nitrogens with one attached hydrogen (secondary N) is 2. The highest BCUT2D eigenvalue weighted by atomic mass is 16.2. The van der Waals surface area contributed by atoms with Crippen molar-refractivity contribution >= 4 is 6.03 Å². The lowest BCUT2D eigenvalue weighted by molar-refractivity contribution is 0.151. The summed E-state index contributed by atoms with van der Waals surface area (Å²) in [5, 5.41) is 9.90. The van der Waals surface area contributed by atoms with E-state index in [0.717, 1.165) is 43.7 Å². The van der Waals surface area contributed by atoms with E-state index in [4.69, 9.17) is 0 Å². The smallest absolute Gasteiger partial charge is 0.318 e. The van der Waals surface area contributed by atoms with Gasteiger partial charge in [0.25, 0.3) is 0 Å². The molecular formula is C17H26N6O. The molecule has 1 aliphatic rings. The zero-order chi connectivity index (χ0) is 16.9. The van der Waals surface area contributed by atoms with Crippen LogP contribution in [0.5, 0.6) is 0 Å². The summed E-state index contributed by atoms with van der Waals surface area (Å²) in [5.74, 6) is 1.44. The second kappa shape index (κ2) is 7.51. The van der Waals surface area contributed by atoms with Crippen molar-refractivity contribution in [1.29, 1.82) is 0 Å². The molecule has 0 bridgehead atoms. The van der Waals surface area contributed by atoms with Crippen molar-refractivity contribution in [3.63, 3.8) is 0 Å². The van der Waals surface area contributed by atoms with Gasteiger partial charge in [0.05, 0.1) is 18.8 Å². The minimum absolute atomic E-state index is 0.0278. The fraction of sp³-hybridized carbons (Fsp3) is 0.588. The van der Waals surface area contributed by atoms with Crippen LogP contribution in [-0.2, 0) is 13.1 Å². The van der Waals surface area contributed by atoms with Gasteiger partial charge in [-0.25, -0.2) is 9.78 Å². The van der Waals surface area contributed by atoms with Crippen LogP contribution in [0.1, 0.15) is 50.5 Å². The van der Waals surface area contributed by atoms with Crippen LogP contribution in [0.25, 0.3) is 0 Å². The van der Waals surface area contributed by atoms with Crippen LogP contribution in [-0.4, -0.2) is 37.2 Å². The topological polar surface area (TPSA) is 78.8 Å². The molecule has 2 aromatic heterocycles. The van der Waals surface area contributed by atoms with Crippen molar-refractivity contribution in [1.82, 2.24) is 30.0 Å². The zero-order valence-corrected chi connectivity index (χ0v) is 14.4. The number of hydrogen-bond donors (Lipinski definition) is 2. The summed E-state index contributed by atoms with van der Waals surface area (Å²) in [5.41, 5.74) is 1.08. The molecule has 2 aromatic rings. The maximum atomic E-state index is 12.7. The first-order valence-electron chi connectivity index (χ1n) is 8.68. The molecule has 1 saturated heterocycles. The molecule has 2 N–H and O–H groups in total. The highest BCUT2D eigenvalue weighted by molar-refractivity contribution is 5.74. The number of amides is 2. The number of likely N-dealkylation sites (tertiary alicyclic amines) is 1. The van der Waals surface area contributed by atoms with Gasteiger partial charge in [-0.1, -0.05) is 13.8 Å². The van der Waals surface area contributed by atoms with Gasteiger partial charge in [0, 0.05) is 37.2 Å². The molecule has 3 heterocycles. The first kappa shape index (κ1) is 16.5. The Hall–Kier alpha value is -2.31. The molecule has 24 heavy (non-hydrogen) atoms. The number of aromatic nitrogens is 4. The Morgan fingerprint density at radius 2 is 2.33 bits per heavy atom. The van der Waals surface area contributed by atoms with Crippen molar-refractivity contribution in [2.45, 2.75) is 52.2 Å². The van der Waals surface area contributed by atoms with Crippen LogP contribution < -0.4 is 5.32 Å². The maximum Gasteiger partial charge on any atom is 0.318 e. The van der Waals surface area contributed by atoms with E-state index in [1.807, 2.05) is 23.5 Å². The molecule has 3 rings (SSSR count). The number of imidazole rings is 1. The highest BCUT2D eigenvalue weighted by Gasteiger charge is 2.28. The Morgan fingerprint density at radius 1 is 1.46 bits per heavy atom. The predicted octanol–water partition coefficient (Wildman–Crippen LogP) is 2.70. The Balaban J connectivity index is 1.62. The van der Waals surface area contributed by atoms with E-state index >= 15 is 0 Å². The predicted molar refractivity (Wildman–Crippen MR) is 91.2 cm³/mol. The van der Waals surface area contributed by atoms with Gasteiger partial charge >= 0.3 is 6.03 Å². The lowest BCUT2D eigenvalue weighted by Gasteiger charge is -2.35. The molecule has 0 unspecified atom stereocenters. The summed E-state index contributed by atoms with van der Waals surface area (Å²) < 4.78 is 2.11. The molecule has 1 aliphatic heterocycles. The second-order valence-corrected chi connectivity index (χ2v) is 6.78. The maximum absolute atomic E-state index is 12.7. The van der Waals surface area contributed by atoms with E-state index in [0.29, 0.717) is 12.5 Å². The van der Waals surface area contributed by atoms with Gasteiger partial charge < -0.3 is 14.8 Å². The molecule has 0 aliphatic carbocycles. The average Bonchev–Trinajstić information content (AvgIpc) is 3.24. The number of urea groups is 1. The number of piperidine rings is 1. The van der Waals surface area contributed by atoms with E-state index in [1.54, 1.807) is 6.20 Å². The lowest BCUT2D eigenvalue weighted by atomic mass is 9.98. The number of H-pyrrole nitrogens is 1. The number of nitrogens with zero attached hydrogens (tertiary/aromatic N) is 4. The van der Waals surface area contributed by atoms with Crippen molar-refractivity contribution in [2.75, 3.05) is 6.54 Å². The van der Waals surface area contributed by atoms with E-state index in [1.165, 1.54) is 0 Å². The Morgan fingerprint density at radius 3 is 3.08 bits per heavy atom. The molecule has 7 heteroatoms. The highest BCUT2D eigenvalue weighted by Crippen LogP contribution is 2.30. The molecule has 0 saturated carbocycles. The third-order valence-corrected chi connectivity index (χ3v) is 4.43. The third-order valence-electron chi connectivity index (χ3n) is 4.43. The van der Waals surface area contributed by atoms with Crippen LogP contribution >= 0.6 is 0 Å². The van der Waals surface area contributed by atoms with Gasteiger partial charge in [-0.3, -0.25) is 5.10 Å². The van der Waals surface area contributed by atoms with E-state index in [2.05, 4.69) is 38.9 Å². The molecule has 0 spiro atoms. The van der Waals surface area contributed by atoms with E-state index in [-0.39, 0.29) is 12.1 Å². The summed E-state index contributed by atoms with van der Waals surface area (Å²) in [6, 6.07) is 0.0768. The average molecular weight is 330 g/mol. The van der Waals surface area contributed by atoms with E-state index in [9.17, 15) is 4.79 Å². The summed E-state index contributed by atoms with van der Waals surface area (Å²) in [4.78, 5) is 19.0. The van der Waals surface area contributed by atoms with Gasteiger partial charge in [-0.2, -0.15) is 5.10 Å². The fourth-order valence-corrected chi connectivity index (χ4v) is 3.29. The van der Waals surface area contributed by atoms with Crippen molar-refractivity contribution in [2.24, 2.45) is 5.92 Å². The number of carbonyl (C=O) groups excluding carboxylic acids is 1. The van der Waals surface area contributed by atoms with E-state index < -0.39 is 0 Å². The monoisotopic (exact) mass is 330 g/mol. The van der Waals surface area contributed by atoms with Crippen LogP contribution in [0.2, 0.25) is 0 Å². The SMILES string of the molecule is CC(C)Cn1ccnc1CNC(=O)N1CCCC[C@H]1c1cn[nH]c1. The van der Waals surface area contributed by atoms with Gasteiger partial charge in [-0.15, -0.1) is 0 Å². The van der Waals surface area contributed by atoms with Gasteiger partial charge in [0.1, 0.15) is 5.82 Å². The molecule has 0 radical (unpaired) electrons. The van der Waals surface area contributed by atoms with Crippen LogP contribution in [0.3, 0.4) is 0 Å². The summed E-state index contributed by atoms with van der Waals surface area (Å²) in [6.07, 6.45) is 10.6. The van der Waals surface area contributed by atoms with Crippen molar-refractivity contribution in [3.05, 3.63) is 36.2 Å². The normalized spacial score (nSPS) is 18.1. The molecule has 2 amide bonds. The summed E-state index contributed by atoms with van der Waals surface area (Å²) >= 11 is 0.